The number of aromatic nitrogens is 1. The minimum Gasteiger partial charge on any atom is -0.497 e. The van der Waals surface area contributed by atoms with E-state index in [4.69, 9.17) is 19.2 Å². The number of carbonyl (C=O) groups is 1. The summed E-state index contributed by atoms with van der Waals surface area (Å²) in [5.41, 5.74) is 3.29. The van der Waals surface area contributed by atoms with Crippen molar-refractivity contribution in [1.82, 2.24) is 14.8 Å². The molecule has 2 heterocycles. The summed E-state index contributed by atoms with van der Waals surface area (Å²) >= 11 is 1.47. The highest BCUT2D eigenvalue weighted by molar-refractivity contribution is 7.09. The van der Waals surface area contributed by atoms with Gasteiger partial charge in [0.25, 0.3) is 5.91 Å². The molecule has 0 bridgehead atoms. The van der Waals surface area contributed by atoms with Crippen molar-refractivity contribution in [1.29, 1.82) is 0 Å². The number of anilines is 1. The zero-order chi connectivity index (χ0) is 30.2. The topological polar surface area (TPSA) is 67.4 Å². The molecule has 0 saturated carbocycles. The van der Waals surface area contributed by atoms with Gasteiger partial charge in [-0.3, -0.25) is 9.69 Å². The molecule has 0 N–H and O–H groups in total. The zero-order valence-corrected chi connectivity index (χ0v) is 25.6. The van der Waals surface area contributed by atoms with Crippen molar-refractivity contribution in [3.8, 4) is 17.2 Å². The molecule has 1 aromatic heterocycles. The third-order valence-electron chi connectivity index (χ3n) is 7.65. The van der Waals surface area contributed by atoms with Crippen LogP contribution in [0.25, 0.3) is 0 Å². The van der Waals surface area contributed by atoms with Gasteiger partial charge in [0.05, 0.1) is 27.9 Å². The van der Waals surface area contributed by atoms with E-state index < -0.39 is 0 Å². The summed E-state index contributed by atoms with van der Waals surface area (Å²) in [7, 11) is 4.89. The SMILES string of the molecule is COc1ccc(N2CCN(C(=O)c3csc(CN(CCc4ccc(OC)c(OC)c4)Cc4ccccc4F)n3)CC2)cc1. The highest BCUT2D eigenvalue weighted by Gasteiger charge is 2.24. The molecule has 5 rings (SSSR count). The summed E-state index contributed by atoms with van der Waals surface area (Å²) < 4.78 is 30.7. The van der Waals surface area contributed by atoms with Gasteiger partial charge in [-0.15, -0.1) is 11.3 Å². The Hall–Kier alpha value is -4.15. The molecule has 1 saturated heterocycles. The van der Waals surface area contributed by atoms with E-state index >= 15 is 0 Å². The fourth-order valence-electron chi connectivity index (χ4n) is 5.20. The molecule has 226 valence electrons. The van der Waals surface area contributed by atoms with Crippen molar-refractivity contribution >= 4 is 22.9 Å². The first kappa shape index (κ1) is 30.3. The summed E-state index contributed by atoms with van der Waals surface area (Å²) in [5.74, 6) is 1.89. The number of thiazole rings is 1. The van der Waals surface area contributed by atoms with Gasteiger partial charge >= 0.3 is 0 Å². The maximum absolute atomic E-state index is 14.6. The average molecular weight is 605 g/mol. The predicted molar refractivity (Wildman–Crippen MR) is 167 cm³/mol. The normalized spacial score (nSPS) is 13.3. The molecular weight excluding hydrogens is 567 g/mol. The number of ether oxygens (including phenoxy) is 3. The standard InChI is InChI=1S/C33H37FN4O4S/c1-40-27-11-9-26(10-12-27)37-16-18-38(19-17-37)33(39)29-23-43-32(35-29)22-36(21-25-6-4-5-7-28(25)34)15-14-24-8-13-30(41-2)31(20-24)42-3/h4-13,20,23H,14-19,21-22H2,1-3H3. The van der Waals surface area contributed by atoms with Crippen molar-refractivity contribution in [3.05, 3.63) is 99.8 Å². The first-order chi connectivity index (χ1) is 21.0. The molecular formula is C33H37FN4O4S. The third-order valence-corrected chi connectivity index (χ3v) is 8.48. The lowest BCUT2D eigenvalue weighted by atomic mass is 10.1. The lowest BCUT2D eigenvalue weighted by molar-refractivity contribution is 0.0741. The number of nitrogens with zero attached hydrogens (tertiary/aromatic N) is 4. The molecule has 3 aromatic carbocycles. The van der Waals surface area contributed by atoms with Gasteiger partial charge in [0.1, 0.15) is 22.3 Å². The lowest BCUT2D eigenvalue weighted by Crippen LogP contribution is -2.48. The summed E-state index contributed by atoms with van der Waals surface area (Å²) in [6.45, 7) is 4.36. The first-order valence-electron chi connectivity index (χ1n) is 14.3. The molecule has 1 aliphatic heterocycles. The number of benzene rings is 3. The number of hydrogen-bond acceptors (Lipinski definition) is 8. The zero-order valence-electron chi connectivity index (χ0n) is 24.8. The van der Waals surface area contributed by atoms with E-state index in [1.165, 1.54) is 17.4 Å². The van der Waals surface area contributed by atoms with E-state index in [0.29, 0.717) is 55.5 Å². The van der Waals surface area contributed by atoms with Gasteiger partial charge in [-0.25, -0.2) is 9.37 Å². The Balaban J connectivity index is 1.23. The molecule has 1 aliphatic rings. The Morgan fingerprint density at radius 1 is 0.907 bits per heavy atom. The molecule has 0 radical (unpaired) electrons. The summed E-state index contributed by atoms with van der Waals surface area (Å²) in [5, 5.41) is 2.66. The number of hydrogen-bond donors (Lipinski definition) is 0. The average Bonchev–Trinajstić information content (AvgIpc) is 3.52. The van der Waals surface area contributed by atoms with Crippen LogP contribution >= 0.6 is 11.3 Å². The maximum atomic E-state index is 14.6. The summed E-state index contributed by atoms with van der Waals surface area (Å²) in [6.07, 6.45) is 0.727. The van der Waals surface area contributed by atoms with Crippen molar-refractivity contribution in [2.24, 2.45) is 0 Å². The highest BCUT2D eigenvalue weighted by atomic mass is 32.1. The van der Waals surface area contributed by atoms with Crippen molar-refractivity contribution in [3.63, 3.8) is 0 Å². The lowest BCUT2D eigenvalue weighted by Gasteiger charge is -2.35. The largest absolute Gasteiger partial charge is 0.497 e. The second kappa shape index (κ2) is 14.3. The molecule has 8 nitrogen and oxygen atoms in total. The van der Waals surface area contributed by atoms with Crippen LogP contribution in [0.2, 0.25) is 0 Å². The van der Waals surface area contributed by atoms with Gasteiger partial charge < -0.3 is 24.0 Å². The van der Waals surface area contributed by atoms with Crippen LogP contribution < -0.4 is 19.1 Å². The monoisotopic (exact) mass is 604 g/mol. The minimum atomic E-state index is -0.234. The third kappa shape index (κ3) is 7.63. The molecule has 1 fully saturated rings. The minimum absolute atomic E-state index is 0.0529. The number of carbonyl (C=O) groups excluding carboxylic acids is 1. The number of methoxy groups -OCH3 is 3. The quantitative estimate of drug-likeness (QED) is 0.211. The Labute approximate surface area is 256 Å². The van der Waals surface area contributed by atoms with E-state index in [9.17, 15) is 9.18 Å². The Morgan fingerprint density at radius 2 is 1.65 bits per heavy atom. The molecule has 0 atom stereocenters. The maximum Gasteiger partial charge on any atom is 0.273 e. The van der Waals surface area contributed by atoms with Gasteiger partial charge in [-0.05, 0) is 54.4 Å². The number of amides is 1. The molecule has 4 aromatic rings. The van der Waals surface area contributed by atoms with E-state index in [1.54, 1.807) is 33.5 Å². The van der Waals surface area contributed by atoms with E-state index in [1.807, 2.05) is 58.8 Å². The smallest absolute Gasteiger partial charge is 0.273 e. The van der Waals surface area contributed by atoms with Gasteiger partial charge in [-0.2, -0.15) is 0 Å². The predicted octanol–water partition coefficient (Wildman–Crippen LogP) is 5.52. The van der Waals surface area contributed by atoms with E-state index in [2.05, 4.69) is 9.80 Å². The van der Waals surface area contributed by atoms with E-state index in [0.717, 1.165) is 41.5 Å². The van der Waals surface area contributed by atoms with Crippen LogP contribution in [0.3, 0.4) is 0 Å². The molecule has 0 aliphatic carbocycles. The summed E-state index contributed by atoms with van der Waals surface area (Å²) in [6, 6.07) is 20.7. The second-order valence-electron chi connectivity index (χ2n) is 10.3. The van der Waals surface area contributed by atoms with Crippen LogP contribution in [-0.2, 0) is 19.5 Å². The molecule has 10 heteroatoms. The fraction of sp³-hybridized carbons (Fsp3) is 0.333. The summed E-state index contributed by atoms with van der Waals surface area (Å²) in [4.78, 5) is 24.4. The van der Waals surface area contributed by atoms with Crippen molar-refractivity contribution in [2.75, 3.05) is 59.0 Å². The Morgan fingerprint density at radius 3 is 2.35 bits per heavy atom. The number of rotatable bonds is 12. The van der Waals surface area contributed by atoms with E-state index in [-0.39, 0.29) is 11.7 Å². The molecule has 0 unspecified atom stereocenters. The Bertz CT molecular complexity index is 1510. The van der Waals surface area contributed by atoms with Crippen LogP contribution in [0.5, 0.6) is 17.2 Å². The Kier molecular flexibility index (Phi) is 10.1. The van der Waals surface area contributed by atoms with Crippen molar-refractivity contribution in [2.45, 2.75) is 19.5 Å². The second-order valence-corrected chi connectivity index (χ2v) is 11.3. The van der Waals surface area contributed by atoms with Gasteiger partial charge in [0.2, 0.25) is 0 Å². The van der Waals surface area contributed by atoms with Crippen LogP contribution in [0, 0.1) is 5.82 Å². The van der Waals surface area contributed by atoms with Crippen molar-refractivity contribution < 1.29 is 23.4 Å². The van der Waals surface area contributed by atoms with Crippen LogP contribution in [0.4, 0.5) is 10.1 Å². The van der Waals surface area contributed by atoms with Crippen LogP contribution in [0.15, 0.2) is 72.1 Å². The highest BCUT2D eigenvalue weighted by Crippen LogP contribution is 2.28. The van der Waals surface area contributed by atoms with Gasteiger partial charge in [-0.1, -0.05) is 24.3 Å². The molecule has 1 amide bonds. The molecule has 43 heavy (non-hydrogen) atoms. The first-order valence-corrected chi connectivity index (χ1v) is 15.1. The van der Waals surface area contributed by atoms with Crippen LogP contribution in [0.1, 0.15) is 26.6 Å². The number of piperazine rings is 1. The van der Waals surface area contributed by atoms with Gasteiger partial charge in [0.15, 0.2) is 11.5 Å². The van der Waals surface area contributed by atoms with Crippen LogP contribution in [-0.4, -0.2) is 74.7 Å². The van der Waals surface area contributed by atoms with Gasteiger partial charge in [0, 0.05) is 55.9 Å². The fourth-order valence-corrected chi connectivity index (χ4v) is 6.01. The number of halogens is 1. The molecule has 0 spiro atoms.